The number of aromatic nitrogens is 1. The number of nitrogens with zero attached hydrogens (tertiary/aromatic N) is 2. The Morgan fingerprint density at radius 2 is 1.76 bits per heavy atom. The summed E-state index contributed by atoms with van der Waals surface area (Å²) in [7, 11) is -4.24. The molecule has 1 aliphatic heterocycles. The van der Waals surface area contributed by atoms with Crippen molar-refractivity contribution >= 4 is 32.7 Å². The molecule has 0 atom stereocenters. The molecule has 4 rings (SSSR count). The van der Waals surface area contributed by atoms with Gasteiger partial charge in [0.2, 0.25) is 0 Å². The third-order valence-corrected chi connectivity index (χ3v) is 7.86. The van der Waals surface area contributed by atoms with E-state index in [4.69, 9.17) is 16.9 Å². The predicted octanol–water partition coefficient (Wildman–Crippen LogP) is 2.50. The van der Waals surface area contributed by atoms with Crippen LogP contribution < -0.4 is 11.5 Å². The quantitative estimate of drug-likeness (QED) is 0.375. The largest absolute Gasteiger partial charge is 0.384 e. The summed E-state index contributed by atoms with van der Waals surface area (Å²) in [6.07, 6.45) is 2.51. The number of hydrogen-bond donors (Lipinski definition) is 3. The van der Waals surface area contributed by atoms with Crippen LogP contribution in [0.5, 0.6) is 0 Å². The second-order valence-electron chi connectivity index (χ2n) is 8.25. The van der Waals surface area contributed by atoms with E-state index in [-0.39, 0.29) is 21.9 Å². The van der Waals surface area contributed by atoms with E-state index in [1.165, 1.54) is 12.1 Å². The van der Waals surface area contributed by atoms with Gasteiger partial charge in [-0.3, -0.25) is 10.2 Å². The fourth-order valence-electron chi connectivity index (χ4n) is 4.29. The summed E-state index contributed by atoms with van der Waals surface area (Å²) in [5.41, 5.74) is 11.8. The van der Waals surface area contributed by atoms with Crippen molar-refractivity contribution in [1.82, 2.24) is 8.87 Å². The van der Waals surface area contributed by atoms with E-state index in [1.807, 2.05) is 0 Å². The Hall–Kier alpha value is -3.24. The Morgan fingerprint density at radius 3 is 2.36 bits per heavy atom. The lowest BCUT2D eigenvalue weighted by Crippen LogP contribution is -2.40. The summed E-state index contributed by atoms with van der Waals surface area (Å²) in [5.74, 6) is -0.737. The van der Waals surface area contributed by atoms with Crippen molar-refractivity contribution in [2.24, 2.45) is 17.4 Å². The summed E-state index contributed by atoms with van der Waals surface area (Å²) >= 11 is 0. The maximum absolute atomic E-state index is 13.6. The van der Waals surface area contributed by atoms with Crippen molar-refractivity contribution in [3.63, 3.8) is 0 Å². The number of nitrogen functional groups attached to an aromatic ring is 1. The Balaban J connectivity index is 1.83. The van der Waals surface area contributed by atoms with Crippen LogP contribution in [0.3, 0.4) is 0 Å². The van der Waals surface area contributed by atoms with Crippen LogP contribution in [0, 0.1) is 17.1 Å². The molecule has 0 spiro atoms. The molecule has 0 aliphatic carbocycles. The second kappa shape index (κ2) is 8.95. The number of nitrogens with one attached hydrogen (secondary N) is 1. The maximum atomic E-state index is 13.6. The molecule has 10 heteroatoms. The highest BCUT2D eigenvalue weighted by Gasteiger charge is 2.31. The molecule has 1 fully saturated rings. The SMILES string of the molecule is N=C(N)c1ccc2cc(C(=O)N3CCC(CCN)CC3)n(S(=O)(=O)c3ccc(F)cc3)c2c1. The highest BCUT2D eigenvalue weighted by atomic mass is 32.2. The van der Waals surface area contributed by atoms with Gasteiger partial charge < -0.3 is 16.4 Å². The van der Waals surface area contributed by atoms with Crippen molar-refractivity contribution in [2.75, 3.05) is 19.6 Å². The number of fused-ring (bicyclic) bond motifs is 1. The lowest BCUT2D eigenvalue weighted by molar-refractivity contribution is 0.0681. The van der Waals surface area contributed by atoms with Crippen LogP contribution in [-0.4, -0.2) is 48.7 Å². The van der Waals surface area contributed by atoms with Gasteiger partial charge >= 0.3 is 0 Å². The first kappa shape index (κ1) is 22.9. The van der Waals surface area contributed by atoms with Gasteiger partial charge in [0, 0.05) is 24.0 Å². The fourth-order valence-corrected chi connectivity index (χ4v) is 5.78. The summed E-state index contributed by atoms with van der Waals surface area (Å²) < 4.78 is 41.7. The Morgan fingerprint density at radius 1 is 1.09 bits per heavy atom. The molecule has 0 radical (unpaired) electrons. The third-order valence-electron chi connectivity index (χ3n) is 6.12. The van der Waals surface area contributed by atoms with E-state index in [0.717, 1.165) is 47.5 Å². The number of benzene rings is 2. The summed E-state index contributed by atoms with van der Waals surface area (Å²) in [6, 6.07) is 10.7. The summed E-state index contributed by atoms with van der Waals surface area (Å²) in [4.78, 5) is 15.0. The molecule has 2 heterocycles. The van der Waals surface area contributed by atoms with E-state index >= 15 is 0 Å². The molecule has 1 saturated heterocycles. The monoisotopic (exact) mass is 471 g/mol. The molecule has 1 aromatic heterocycles. The lowest BCUT2D eigenvalue weighted by Gasteiger charge is -2.32. The van der Waals surface area contributed by atoms with Crippen molar-refractivity contribution < 1.29 is 17.6 Å². The number of hydrogen-bond acceptors (Lipinski definition) is 5. The van der Waals surface area contributed by atoms with Gasteiger partial charge in [-0.1, -0.05) is 12.1 Å². The Bertz CT molecular complexity index is 1310. The smallest absolute Gasteiger partial charge is 0.271 e. The van der Waals surface area contributed by atoms with Crippen LogP contribution in [0.15, 0.2) is 53.4 Å². The van der Waals surface area contributed by atoms with Crippen molar-refractivity contribution in [3.8, 4) is 0 Å². The van der Waals surface area contributed by atoms with Gasteiger partial charge in [0.15, 0.2) is 0 Å². The molecule has 0 saturated carbocycles. The van der Waals surface area contributed by atoms with E-state index in [1.54, 1.807) is 17.0 Å². The van der Waals surface area contributed by atoms with E-state index in [0.29, 0.717) is 36.5 Å². The standard InChI is InChI=1S/C23H26FN5O3S/c24-18-3-5-19(6-4-18)33(31,32)29-20-14-17(22(26)27)2-1-16(20)13-21(29)23(30)28-11-8-15(7-10-25)9-12-28/h1-6,13-15H,7-12,25H2,(H3,26,27). The third kappa shape index (κ3) is 4.36. The van der Waals surface area contributed by atoms with Gasteiger partial charge in [-0.25, -0.2) is 16.8 Å². The second-order valence-corrected chi connectivity index (χ2v) is 10.0. The predicted molar refractivity (Wildman–Crippen MR) is 124 cm³/mol. The highest BCUT2D eigenvalue weighted by molar-refractivity contribution is 7.90. The first-order chi connectivity index (χ1) is 15.7. The first-order valence-corrected chi connectivity index (χ1v) is 12.2. The molecule has 33 heavy (non-hydrogen) atoms. The molecule has 8 nitrogen and oxygen atoms in total. The minimum atomic E-state index is -4.24. The number of carbonyl (C=O) groups excluding carboxylic acids is 1. The first-order valence-electron chi connectivity index (χ1n) is 10.7. The molecule has 2 aromatic carbocycles. The molecular weight excluding hydrogens is 445 g/mol. The topological polar surface area (TPSA) is 135 Å². The molecule has 174 valence electrons. The molecule has 1 aliphatic rings. The van der Waals surface area contributed by atoms with E-state index in [2.05, 4.69) is 0 Å². The normalized spacial score (nSPS) is 15.2. The number of nitrogens with two attached hydrogens (primary N) is 2. The van der Waals surface area contributed by atoms with Crippen LogP contribution in [0.2, 0.25) is 0 Å². The van der Waals surface area contributed by atoms with E-state index < -0.39 is 21.7 Å². The summed E-state index contributed by atoms with van der Waals surface area (Å²) in [5, 5.41) is 8.24. The zero-order valence-corrected chi connectivity index (χ0v) is 18.8. The summed E-state index contributed by atoms with van der Waals surface area (Å²) in [6.45, 7) is 1.63. The van der Waals surface area contributed by atoms with Crippen LogP contribution in [-0.2, 0) is 10.0 Å². The van der Waals surface area contributed by atoms with Gasteiger partial charge in [-0.05, 0) is 68.1 Å². The minimum Gasteiger partial charge on any atom is -0.384 e. The molecule has 0 unspecified atom stereocenters. The molecular formula is C23H26FN5O3S. The van der Waals surface area contributed by atoms with Gasteiger partial charge in [0.1, 0.15) is 17.3 Å². The van der Waals surface area contributed by atoms with Crippen molar-refractivity contribution in [1.29, 1.82) is 5.41 Å². The van der Waals surface area contributed by atoms with Crippen LogP contribution in [0.25, 0.3) is 10.9 Å². The number of amidine groups is 1. The van der Waals surface area contributed by atoms with Gasteiger partial charge in [-0.15, -0.1) is 0 Å². The average Bonchev–Trinajstić information content (AvgIpc) is 3.19. The molecule has 0 bridgehead atoms. The van der Waals surface area contributed by atoms with Crippen molar-refractivity contribution in [2.45, 2.75) is 24.2 Å². The number of carbonyl (C=O) groups is 1. The van der Waals surface area contributed by atoms with Crippen LogP contribution >= 0.6 is 0 Å². The average molecular weight is 472 g/mol. The number of piperidine rings is 1. The molecule has 5 N–H and O–H groups in total. The number of rotatable bonds is 6. The van der Waals surface area contributed by atoms with Crippen LogP contribution in [0.4, 0.5) is 4.39 Å². The van der Waals surface area contributed by atoms with Crippen LogP contribution in [0.1, 0.15) is 35.3 Å². The Kier molecular flexibility index (Phi) is 6.22. The molecule has 3 aromatic rings. The molecule has 1 amide bonds. The van der Waals surface area contributed by atoms with Gasteiger partial charge in [0.05, 0.1) is 10.4 Å². The minimum absolute atomic E-state index is 0.00713. The maximum Gasteiger partial charge on any atom is 0.271 e. The van der Waals surface area contributed by atoms with Gasteiger partial charge in [0.25, 0.3) is 15.9 Å². The van der Waals surface area contributed by atoms with Crippen molar-refractivity contribution in [3.05, 3.63) is 65.6 Å². The van der Waals surface area contributed by atoms with E-state index in [9.17, 15) is 17.6 Å². The zero-order valence-electron chi connectivity index (χ0n) is 18.0. The van der Waals surface area contributed by atoms with Gasteiger partial charge in [-0.2, -0.15) is 0 Å². The fraction of sp³-hybridized carbons (Fsp3) is 0.304. The number of amides is 1. The highest BCUT2D eigenvalue weighted by Crippen LogP contribution is 2.29. The number of halogens is 1. The Labute approximate surface area is 191 Å². The lowest BCUT2D eigenvalue weighted by atomic mass is 9.93. The zero-order chi connectivity index (χ0) is 23.8. The number of likely N-dealkylation sites (tertiary alicyclic amines) is 1.